The van der Waals surface area contributed by atoms with Crippen molar-refractivity contribution in [3.05, 3.63) is 25.3 Å². The van der Waals surface area contributed by atoms with Gasteiger partial charge in [0.2, 0.25) is 0 Å². The van der Waals surface area contributed by atoms with Gasteiger partial charge in [0.25, 0.3) is 0 Å². The van der Waals surface area contributed by atoms with Crippen LogP contribution in [0.2, 0.25) is 0 Å². The van der Waals surface area contributed by atoms with Crippen molar-refractivity contribution in [2.24, 2.45) is 0 Å². The van der Waals surface area contributed by atoms with Crippen LogP contribution in [0.15, 0.2) is 25.3 Å². The second-order valence-corrected chi connectivity index (χ2v) is 4.17. The first-order chi connectivity index (χ1) is 9.87. The Morgan fingerprint density at radius 3 is 1.14 bits per heavy atom. The van der Waals surface area contributed by atoms with Crippen LogP contribution in [0.1, 0.15) is 0 Å². The molecule has 0 aromatic carbocycles. The first-order valence-corrected chi connectivity index (χ1v) is 5.76. The van der Waals surface area contributed by atoms with Gasteiger partial charge < -0.3 is 9.47 Å². The minimum absolute atomic E-state index is 0.643. The van der Waals surface area contributed by atoms with E-state index < -0.39 is 50.1 Å². The zero-order chi connectivity index (χ0) is 17.7. The highest BCUT2D eigenvalue weighted by Crippen LogP contribution is 2.52. The fraction of sp³-hybridized carbons (Fsp3) is 0.667. The van der Waals surface area contributed by atoms with Crippen LogP contribution in [0.4, 0.5) is 35.1 Å². The van der Waals surface area contributed by atoms with E-state index in [0.29, 0.717) is 0 Å². The molecule has 0 aliphatic rings. The summed E-state index contributed by atoms with van der Waals surface area (Å²) in [6.07, 6.45) is 1.79. The molecule has 2 nitrogen and oxygen atoms in total. The third-order valence-electron chi connectivity index (χ3n) is 2.35. The molecular weight excluding hydrogens is 328 g/mol. The molecule has 0 saturated heterocycles. The molecule has 0 fully saturated rings. The summed E-state index contributed by atoms with van der Waals surface area (Å²) in [6.45, 7) is 0.408. The quantitative estimate of drug-likeness (QED) is 0.322. The molecule has 0 amide bonds. The highest BCUT2D eigenvalue weighted by molar-refractivity contribution is 5.03. The third kappa shape index (κ3) is 4.19. The van der Waals surface area contributed by atoms with Gasteiger partial charge in [-0.25, -0.2) is 0 Å². The van der Waals surface area contributed by atoms with Crippen LogP contribution in [0.3, 0.4) is 0 Å². The molecule has 0 unspecified atom stereocenters. The second-order valence-electron chi connectivity index (χ2n) is 4.17. The Kier molecular flexibility index (Phi) is 7.01. The summed E-state index contributed by atoms with van der Waals surface area (Å²) in [5.74, 6) is -23.8. The Morgan fingerprint density at radius 2 is 0.909 bits per heavy atom. The van der Waals surface area contributed by atoms with Gasteiger partial charge >= 0.3 is 23.7 Å². The fourth-order valence-corrected chi connectivity index (χ4v) is 1.18. The lowest BCUT2D eigenvalue weighted by molar-refractivity contribution is -0.376. The van der Waals surface area contributed by atoms with E-state index in [4.69, 9.17) is 0 Å². The Bertz CT molecular complexity index is 345. The largest absolute Gasteiger partial charge is 0.380 e. The standard InChI is InChI=1S/C12H14F8O2/c1-3-5-21-7-9(13,14)11(17,18)12(19,20)10(15,16)8-22-6-4-2/h3-4H,1-2,5-8H2. The summed E-state index contributed by atoms with van der Waals surface area (Å²) in [6, 6.07) is 0. The van der Waals surface area contributed by atoms with Gasteiger partial charge in [0.15, 0.2) is 0 Å². The van der Waals surface area contributed by atoms with E-state index in [9.17, 15) is 35.1 Å². The van der Waals surface area contributed by atoms with Crippen LogP contribution in [-0.2, 0) is 9.47 Å². The third-order valence-corrected chi connectivity index (χ3v) is 2.35. The minimum Gasteiger partial charge on any atom is -0.371 e. The monoisotopic (exact) mass is 342 g/mol. The van der Waals surface area contributed by atoms with Crippen LogP contribution >= 0.6 is 0 Å². The van der Waals surface area contributed by atoms with Crippen molar-refractivity contribution >= 4 is 0 Å². The van der Waals surface area contributed by atoms with Crippen molar-refractivity contribution in [3.8, 4) is 0 Å². The van der Waals surface area contributed by atoms with Gasteiger partial charge in [-0.05, 0) is 0 Å². The molecule has 0 radical (unpaired) electrons. The number of hydrogen-bond donors (Lipinski definition) is 0. The summed E-state index contributed by atoms with van der Waals surface area (Å²) in [7, 11) is 0. The maximum atomic E-state index is 13.2. The van der Waals surface area contributed by atoms with Gasteiger partial charge in [-0.3, -0.25) is 0 Å². The highest BCUT2D eigenvalue weighted by Gasteiger charge is 2.80. The van der Waals surface area contributed by atoms with Crippen molar-refractivity contribution in [2.45, 2.75) is 23.7 Å². The van der Waals surface area contributed by atoms with E-state index in [2.05, 4.69) is 22.6 Å². The molecule has 0 N–H and O–H groups in total. The minimum atomic E-state index is -6.36. The normalized spacial score (nSPS) is 14.0. The van der Waals surface area contributed by atoms with E-state index in [1.54, 1.807) is 0 Å². The number of hydrogen-bond acceptors (Lipinski definition) is 2. The van der Waals surface area contributed by atoms with Gasteiger partial charge in [-0.2, -0.15) is 35.1 Å². The molecule has 0 atom stereocenters. The van der Waals surface area contributed by atoms with Crippen molar-refractivity contribution in [1.82, 2.24) is 0 Å². The summed E-state index contributed by atoms with van der Waals surface area (Å²) in [5, 5.41) is 0. The number of alkyl halides is 8. The number of rotatable bonds is 11. The van der Waals surface area contributed by atoms with Crippen molar-refractivity contribution in [1.29, 1.82) is 0 Å². The summed E-state index contributed by atoms with van der Waals surface area (Å²) >= 11 is 0. The van der Waals surface area contributed by atoms with Crippen LogP contribution in [0, 0.1) is 0 Å². The van der Waals surface area contributed by atoms with Gasteiger partial charge in [-0.1, -0.05) is 12.2 Å². The molecule has 0 rings (SSSR count). The smallest absolute Gasteiger partial charge is 0.371 e. The summed E-state index contributed by atoms with van der Waals surface area (Å²) in [4.78, 5) is 0. The molecule has 0 bridgehead atoms. The van der Waals surface area contributed by atoms with E-state index >= 15 is 0 Å². The van der Waals surface area contributed by atoms with Crippen molar-refractivity contribution in [2.75, 3.05) is 26.4 Å². The van der Waals surface area contributed by atoms with Gasteiger partial charge in [0.1, 0.15) is 13.2 Å². The van der Waals surface area contributed by atoms with Crippen LogP contribution in [0.25, 0.3) is 0 Å². The molecule has 10 heteroatoms. The van der Waals surface area contributed by atoms with Crippen LogP contribution in [0.5, 0.6) is 0 Å². The molecule has 0 aromatic heterocycles. The first kappa shape index (κ1) is 20.8. The highest BCUT2D eigenvalue weighted by atomic mass is 19.4. The molecule has 22 heavy (non-hydrogen) atoms. The molecular formula is C12H14F8O2. The Hall–Kier alpha value is -1.16. The number of halogens is 8. The predicted molar refractivity (Wildman–Crippen MR) is 61.8 cm³/mol. The average molecular weight is 342 g/mol. The molecule has 0 heterocycles. The van der Waals surface area contributed by atoms with Gasteiger partial charge in [-0.15, -0.1) is 13.2 Å². The predicted octanol–water partition coefficient (Wildman–Crippen LogP) is 3.93. The topological polar surface area (TPSA) is 18.5 Å². The fourth-order valence-electron chi connectivity index (χ4n) is 1.18. The Labute approximate surface area is 121 Å². The lowest BCUT2D eigenvalue weighted by Crippen LogP contribution is -2.64. The van der Waals surface area contributed by atoms with Crippen molar-refractivity contribution < 1.29 is 44.6 Å². The lowest BCUT2D eigenvalue weighted by atomic mass is 9.99. The van der Waals surface area contributed by atoms with Crippen molar-refractivity contribution in [3.63, 3.8) is 0 Å². The molecule has 0 aliphatic heterocycles. The van der Waals surface area contributed by atoms with Gasteiger partial charge in [0, 0.05) is 0 Å². The molecule has 0 saturated carbocycles. The lowest BCUT2D eigenvalue weighted by Gasteiger charge is -2.36. The zero-order valence-corrected chi connectivity index (χ0v) is 11.2. The van der Waals surface area contributed by atoms with E-state index in [1.165, 1.54) is 0 Å². The van der Waals surface area contributed by atoms with Crippen LogP contribution in [-0.4, -0.2) is 50.1 Å². The number of ether oxygens (including phenoxy) is 2. The first-order valence-electron chi connectivity index (χ1n) is 5.76. The maximum absolute atomic E-state index is 13.2. The van der Waals surface area contributed by atoms with E-state index in [0.717, 1.165) is 12.2 Å². The second kappa shape index (κ2) is 7.40. The summed E-state index contributed by atoms with van der Waals surface area (Å²) < 4.78 is 114. The van der Waals surface area contributed by atoms with E-state index in [-0.39, 0.29) is 0 Å². The maximum Gasteiger partial charge on any atom is 0.380 e. The average Bonchev–Trinajstić information content (AvgIpc) is 2.38. The van der Waals surface area contributed by atoms with E-state index in [1.807, 2.05) is 0 Å². The molecule has 130 valence electrons. The summed E-state index contributed by atoms with van der Waals surface area (Å²) in [5.41, 5.74) is 0. The Balaban J connectivity index is 5.25. The molecule has 0 aromatic rings. The Morgan fingerprint density at radius 1 is 0.636 bits per heavy atom. The van der Waals surface area contributed by atoms with Gasteiger partial charge in [0.05, 0.1) is 13.2 Å². The SMILES string of the molecule is C=CCOCC(F)(F)C(F)(F)C(F)(F)C(F)(F)COCC=C. The molecule has 0 spiro atoms. The van der Waals surface area contributed by atoms with Crippen LogP contribution < -0.4 is 0 Å². The molecule has 0 aliphatic carbocycles. The zero-order valence-electron chi connectivity index (χ0n) is 11.2.